The number of nitro groups is 1. The fourth-order valence-corrected chi connectivity index (χ4v) is 3.98. The molecule has 0 fully saturated rings. The molecule has 1 amide bonds. The van der Waals surface area contributed by atoms with E-state index in [4.69, 9.17) is 11.6 Å². The van der Waals surface area contributed by atoms with E-state index in [0.29, 0.717) is 10.7 Å². The fourth-order valence-electron chi connectivity index (χ4n) is 3.81. The van der Waals surface area contributed by atoms with Crippen LogP contribution in [-0.4, -0.2) is 21.7 Å². The summed E-state index contributed by atoms with van der Waals surface area (Å²) in [5.74, 6) is -1.39. The van der Waals surface area contributed by atoms with Crippen LogP contribution in [-0.2, 0) is 16.9 Å². The van der Waals surface area contributed by atoms with Crippen LogP contribution < -0.4 is 4.90 Å². The van der Waals surface area contributed by atoms with E-state index in [-0.39, 0.29) is 23.4 Å². The number of carbonyl (C=O) groups is 2. The fraction of sp³-hybridized carbons (Fsp3) is 0.130. The minimum Gasteiger partial charge on any atom is -0.375 e. The SMILES string of the molecule is O=C(C[C@@]1(O)C(=O)N(Cc2ccccc2)c2ccc(Cl)cc21)c1ccccc1[N+](=O)[O-]. The Balaban J connectivity index is 1.74. The predicted molar refractivity (Wildman–Crippen MR) is 115 cm³/mol. The monoisotopic (exact) mass is 436 g/mol. The van der Waals surface area contributed by atoms with Gasteiger partial charge in [-0.3, -0.25) is 19.7 Å². The summed E-state index contributed by atoms with van der Waals surface area (Å²) in [6, 6.07) is 19.3. The van der Waals surface area contributed by atoms with Crippen molar-refractivity contribution in [3.8, 4) is 0 Å². The average molecular weight is 437 g/mol. The molecule has 4 rings (SSSR count). The van der Waals surface area contributed by atoms with Crippen LogP contribution in [0.15, 0.2) is 72.8 Å². The maximum absolute atomic E-state index is 13.3. The van der Waals surface area contributed by atoms with E-state index in [0.717, 1.165) is 5.56 Å². The highest BCUT2D eigenvalue weighted by molar-refractivity contribution is 6.31. The smallest absolute Gasteiger partial charge is 0.280 e. The first-order valence-corrected chi connectivity index (χ1v) is 9.84. The highest BCUT2D eigenvalue weighted by atomic mass is 35.5. The van der Waals surface area contributed by atoms with Gasteiger partial charge in [0.1, 0.15) is 0 Å². The number of carbonyl (C=O) groups excluding carboxylic acids is 2. The second-order valence-corrected chi connectivity index (χ2v) is 7.71. The molecule has 0 saturated carbocycles. The Hall–Kier alpha value is -3.55. The minimum absolute atomic E-state index is 0.168. The molecule has 0 bridgehead atoms. The number of Topliss-reactive ketones (excluding diaryl/α,β-unsaturated/α-hetero) is 1. The third kappa shape index (κ3) is 3.69. The van der Waals surface area contributed by atoms with Crippen LogP contribution in [0.1, 0.15) is 27.9 Å². The minimum atomic E-state index is -2.18. The zero-order valence-electron chi connectivity index (χ0n) is 16.2. The number of aliphatic hydroxyl groups is 1. The molecule has 0 aromatic heterocycles. The summed E-state index contributed by atoms with van der Waals surface area (Å²) in [7, 11) is 0. The predicted octanol–water partition coefficient (Wildman–Crippen LogP) is 4.26. The molecular formula is C23H17ClN2O5. The van der Waals surface area contributed by atoms with Crippen molar-refractivity contribution >= 4 is 34.7 Å². The number of nitro benzene ring substituents is 1. The average Bonchev–Trinajstić information content (AvgIpc) is 2.96. The number of hydrogen-bond donors (Lipinski definition) is 1. The van der Waals surface area contributed by atoms with Gasteiger partial charge in [0.15, 0.2) is 11.4 Å². The van der Waals surface area contributed by atoms with Crippen molar-refractivity contribution in [3.05, 3.63) is 105 Å². The van der Waals surface area contributed by atoms with E-state index in [2.05, 4.69) is 0 Å². The van der Waals surface area contributed by atoms with Gasteiger partial charge in [0.2, 0.25) is 0 Å². The third-order valence-corrected chi connectivity index (χ3v) is 5.53. The Morgan fingerprint density at radius 1 is 1.06 bits per heavy atom. The van der Waals surface area contributed by atoms with E-state index in [1.807, 2.05) is 30.3 Å². The highest BCUT2D eigenvalue weighted by Gasteiger charge is 2.51. The maximum atomic E-state index is 13.3. The van der Waals surface area contributed by atoms with E-state index < -0.39 is 28.6 Å². The van der Waals surface area contributed by atoms with Gasteiger partial charge in [-0.25, -0.2) is 0 Å². The van der Waals surface area contributed by atoms with Crippen LogP contribution in [0, 0.1) is 10.1 Å². The van der Waals surface area contributed by atoms with Gasteiger partial charge in [0.25, 0.3) is 11.6 Å². The molecule has 7 nitrogen and oxygen atoms in total. The molecule has 1 heterocycles. The zero-order valence-corrected chi connectivity index (χ0v) is 17.0. The third-order valence-electron chi connectivity index (χ3n) is 5.29. The van der Waals surface area contributed by atoms with Crippen molar-refractivity contribution in [2.24, 2.45) is 0 Å². The lowest BCUT2D eigenvalue weighted by Crippen LogP contribution is -2.41. The summed E-state index contributed by atoms with van der Waals surface area (Å²) in [5, 5.41) is 23.0. The van der Waals surface area contributed by atoms with Crippen molar-refractivity contribution < 1.29 is 19.6 Å². The normalized spacial score (nSPS) is 17.5. The van der Waals surface area contributed by atoms with Crippen LogP contribution in [0.3, 0.4) is 0 Å². The topological polar surface area (TPSA) is 101 Å². The summed E-state index contributed by atoms with van der Waals surface area (Å²) in [4.78, 5) is 38.3. The largest absolute Gasteiger partial charge is 0.375 e. The standard InChI is InChI=1S/C23H17ClN2O5/c24-16-10-11-20-18(12-16)23(29,22(28)25(20)14-15-6-2-1-3-7-15)13-21(27)17-8-4-5-9-19(17)26(30)31/h1-12,29H,13-14H2/t23-/m0/s1. The second-order valence-electron chi connectivity index (χ2n) is 7.27. The van der Waals surface area contributed by atoms with Crippen LogP contribution in [0.25, 0.3) is 0 Å². The van der Waals surface area contributed by atoms with Gasteiger partial charge in [-0.1, -0.05) is 54.1 Å². The Kier molecular flexibility index (Phi) is 5.31. The Labute approximate surface area is 182 Å². The number of benzene rings is 3. The molecule has 3 aromatic carbocycles. The lowest BCUT2D eigenvalue weighted by atomic mass is 9.87. The van der Waals surface area contributed by atoms with Crippen molar-refractivity contribution in [2.45, 2.75) is 18.6 Å². The number of rotatable bonds is 6. The summed E-state index contributed by atoms with van der Waals surface area (Å²) < 4.78 is 0. The molecule has 8 heteroatoms. The summed E-state index contributed by atoms with van der Waals surface area (Å²) in [5.41, 5.74) is -1.25. The van der Waals surface area contributed by atoms with E-state index >= 15 is 0 Å². The van der Waals surface area contributed by atoms with E-state index in [1.165, 1.54) is 35.2 Å². The van der Waals surface area contributed by atoms with E-state index in [9.17, 15) is 24.8 Å². The van der Waals surface area contributed by atoms with Gasteiger partial charge in [-0.05, 0) is 29.8 Å². The molecule has 0 unspecified atom stereocenters. The van der Waals surface area contributed by atoms with Crippen LogP contribution in [0.5, 0.6) is 0 Å². The van der Waals surface area contributed by atoms with Crippen molar-refractivity contribution in [2.75, 3.05) is 4.90 Å². The van der Waals surface area contributed by atoms with Gasteiger partial charge in [0.05, 0.1) is 29.1 Å². The molecular weight excluding hydrogens is 420 g/mol. The van der Waals surface area contributed by atoms with Crippen LogP contribution >= 0.6 is 11.6 Å². The molecule has 1 aliphatic heterocycles. The molecule has 3 aromatic rings. The first-order chi connectivity index (χ1) is 14.8. The number of fused-ring (bicyclic) bond motifs is 1. The van der Waals surface area contributed by atoms with Gasteiger partial charge in [-0.15, -0.1) is 0 Å². The Bertz CT molecular complexity index is 1200. The quantitative estimate of drug-likeness (QED) is 0.353. The van der Waals surface area contributed by atoms with Crippen molar-refractivity contribution in [3.63, 3.8) is 0 Å². The van der Waals surface area contributed by atoms with Gasteiger partial charge < -0.3 is 10.0 Å². The molecule has 156 valence electrons. The lowest BCUT2D eigenvalue weighted by molar-refractivity contribution is -0.385. The van der Waals surface area contributed by atoms with Crippen LogP contribution in [0.4, 0.5) is 11.4 Å². The molecule has 1 atom stereocenters. The Morgan fingerprint density at radius 3 is 2.45 bits per heavy atom. The number of anilines is 1. The Morgan fingerprint density at radius 2 is 1.74 bits per heavy atom. The second kappa shape index (κ2) is 7.94. The first kappa shape index (κ1) is 20.7. The zero-order chi connectivity index (χ0) is 22.2. The highest BCUT2D eigenvalue weighted by Crippen LogP contribution is 2.45. The number of hydrogen-bond acceptors (Lipinski definition) is 5. The first-order valence-electron chi connectivity index (χ1n) is 9.46. The van der Waals surface area contributed by atoms with Crippen molar-refractivity contribution in [1.82, 2.24) is 0 Å². The summed E-state index contributed by atoms with van der Waals surface area (Å²) >= 11 is 6.11. The molecule has 0 spiro atoms. The number of amides is 1. The molecule has 0 radical (unpaired) electrons. The van der Waals surface area contributed by atoms with E-state index in [1.54, 1.807) is 12.1 Å². The van der Waals surface area contributed by atoms with Crippen molar-refractivity contribution in [1.29, 1.82) is 0 Å². The van der Waals surface area contributed by atoms with Gasteiger partial charge >= 0.3 is 0 Å². The molecule has 0 aliphatic carbocycles. The lowest BCUT2D eigenvalue weighted by Gasteiger charge is -2.23. The number of halogens is 1. The van der Waals surface area contributed by atoms with Gasteiger partial charge in [0, 0.05) is 16.7 Å². The molecule has 31 heavy (non-hydrogen) atoms. The van der Waals surface area contributed by atoms with Gasteiger partial charge in [-0.2, -0.15) is 0 Å². The number of para-hydroxylation sites is 1. The maximum Gasteiger partial charge on any atom is 0.280 e. The molecule has 1 aliphatic rings. The number of ketones is 1. The van der Waals surface area contributed by atoms with Crippen LogP contribution in [0.2, 0.25) is 5.02 Å². The molecule has 0 saturated heterocycles. The number of nitrogens with zero attached hydrogens (tertiary/aromatic N) is 2. The molecule has 1 N–H and O–H groups in total. The summed E-state index contributed by atoms with van der Waals surface area (Å²) in [6.45, 7) is 0.191. The summed E-state index contributed by atoms with van der Waals surface area (Å²) in [6.07, 6.45) is -0.644.